The molecule has 0 aliphatic carbocycles. The van der Waals surface area contributed by atoms with Gasteiger partial charge in [0.2, 0.25) is 0 Å². The molecule has 4 rings (SSSR count). The average Bonchev–Trinajstić information content (AvgIpc) is 3.25. The molecule has 0 spiro atoms. The van der Waals surface area contributed by atoms with Crippen LogP contribution in [0.2, 0.25) is 5.02 Å². The lowest BCUT2D eigenvalue weighted by Gasteiger charge is -2.24. The highest BCUT2D eigenvalue weighted by Gasteiger charge is 2.32. The maximum absolute atomic E-state index is 12.7. The highest BCUT2D eigenvalue weighted by atomic mass is 35.5. The van der Waals surface area contributed by atoms with Crippen molar-refractivity contribution in [2.24, 2.45) is 0 Å². The largest absolute Gasteiger partial charge is 0.480 e. The fourth-order valence-electron chi connectivity index (χ4n) is 3.09. The minimum absolute atomic E-state index is 0.00358. The minimum atomic E-state index is -0.254. The molecule has 1 aromatic heterocycles. The molecule has 0 bridgehead atoms. The molecule has 25 heavy (non-hydrogen) atoms. The highest BCUT2D eigenvalue weighted by Crippen LogP contribution is 2.39. The van der Waals surface area contributed by atoms with Crippen molar-refractivity contribution >= 4 is 46.3 Å². The number of anilines is 2. The molecule has 2 aromatic rings. The number of hydrogen-bond acceptors (Lipinski definition) is 5. The van der Waals surface area contributed by atoms with Gasteiger partial charge in [0.05, 0.1) is 16.8 Å². The molecule has 1 atom stereocenters. The molecule has 3 amide bonds. The van der Waals surface area contributed by atoms with Crippen molar-refractivity contribution in [3.63, 3.8) is 0 Å². The van der Waals surface area contributed by atoms with Crippen molar-refractivity contribution in [2.45, 2.75) is 18.9 Å². The van der Waals surface area contributed by atoms with Gasteiger partial charge in [-0.2, -0.15) is 0 Å². The van der Waals surface area contributed by atoms with Crippen molar-refractivity contribution < 1.29 is 14.3 Å². The van der Waals surface area contributed by atoms with E-state index in [2.05, 4.69) is 15.6 Å². The van der Waals surface area contributed by atoms with E-state index in [4.69, 9.17) is 16.3 Å². The number of fused-ring (bicyclic) bond motifs is 1. The van der Waals surface area contributed by atoms with Gasteiger partial charge in [0.15, 0.2) is 12.4 Å². The van der Waals surface area contributed by atoms with E-state index in [1.165, 1.54) is 0 Å². The molecule has 2 N–H and O–H groups in total. The zero-order chi connectivity index (χ0) is 17.4. The van der Waals surface area contributed by atoms with Gasteiger partial charge < -0.3 is 20.3 Å². The quantitative estimate of drug-likeness (QED) is 0.837. The topological polar surface area (TPSA) is 83.6 Å². The van der Waals surface area contributed by atoms with Gasteiger partial charge in [0.25, 0.3) is 5.91 Å². The predicted octanol–water partition coefficient (Wildman–Crippen LogP) is 3.50. The first-order chi connectivity index (χ1) is 12.1. The molecule has 9 heteroatoms. The second-order valence-corrected chi connectivity index (χ2v) is 7.16. The number of likely N-dealkylation sites (tertiary alicyclic amines) is 1. The van der Waals surface area contributed by atoms with E-state index in [9.17, 15) is 9.59 Å². The minimum Gasteiger partial charge on any atom is -0.480 e. The van der Waals surface area contributed by atoms with Gasteiger partial charge in [0, 0.05) is 23.8 Å². The smallest absolute Gasteiger partial charge is 0.322 e. The fraction of sp³-hybridized carbons (Fsp3) is 0.312. The van der Waals surface area contributed by atoms with Crippen LogP contribution < -0.4 is 15.4 Å². The van der Waals surface area contributed by atoms with E-state index < -0.39 is 0 Å². The van der Waals surface area contributed by atoms with E-state index in [1.54, 1.807) is 34.6 Å². The average molecular weight is 379 g/mol. The fourth-order valence-corrected chi connectivity index (χ4v) is 4.15. The number of rotatable bonds is 2. The molecule has 0 unspecified atom stereocenters. The molecule has 3 heterocycles. The summed E-state index contributed by atoms with van der Waals surface area (Å²) in [5, 5.41) is 8.74. The first-order valence-electron chi connectivity index (χ1n) is 7.85. The van der Waals surface area contributed by atoms with Crippen molar-refractivity contribution in [3.05, 3.63) is 33.7 Å². The number of thiazole rings is 1. The van der Waals surface area contributed by atoms with Crippen LogP contribution in [0, 0.1) is 0 Å². The Labute approximate surface area is 152 Å². The Morgan fingerprint density at radius 1 is 1.48 bits per heavy atom. The lowest BCUT2D eigenvalue weighted by molar-refractivity contribution is -0.118. The van der Waals surface area contributed by atoms with Gasteiger partial charge in [-0.1, -0.05) is 11.6 Å². The van der Waals surface area contributed by atoms with E-state index in [0.29, 0.717) is 28.7 Å². The summed E-state index contributed by atoms with van der Waals surface area (Å²) in [7, 11) is 0. The normalized spacial score (nSPS) is 19.2. The number of benzene rings is 1. The van der Waals surface area contributed by atoms with Crippen LogP contribution >= 0.6 is 22.9 Å². The SMILES string of the molecule is O=C1COc2c(Cl)cc(NC(=O)N3CCC[C@H]3c3nccs3)cc2N1. The number of carbonyl (C=O) groups excluding carboxylic acids is 2. The van der Waals surface area contributed by atoms with Gasteiger partial charge >= 0.3 is 6.03 Å². The number of nitrogens with zero attached hydrogens (tertiary/aromatic N) is 2. The van der Waals surface area contributed by atoms with Gasteiger partial charge in [-0.3, -0.25) is 4.79 Å². The van der Waals surface area contributed by atoms with E-state index in [-0.39, 0.29) is 24.6 Å². The van der Waals surface area contributed by atoms with Crippen LogP contribution in [-0.4, -0.2) is 35.0 Å². The third kappa shape index (κ3) is 3.14. The maximum atomic E-state index is 12.7. The number of ether oxygens (including phenoxy) is 1. The van der Waals surface area contributed by atoms with Crippen LogP contribution in [0.4, 0.5) is 16.2 Å². The Morgan fingerprint density at radius 3 is 3.16 bits per heavy atom. The second kappa shape index (κ2) is 6.53. The van der Waals surface area contributed by atoms with E-state index >= 15 is 0 Å². The van der Waals surface area contributed by atoms with Crippen molar-refractivity contribution in [3.8, 4) is 5.75 Å². The van der Waals surface area contributed by atoms with Crippen LogP contribution in [-0.2, 0) is 4.79 Å². The molecule has 1 aromatic carbocycles. The molecular weight excluding hydrogens is 364 g/mol. The lowest BCUT2D eigenvalue weighted by Crippen LogP contribution is -2.34. The lowest BCUT2D eigenvalue weighted by atomic mass is 10.2. The number of carbonyl (C=O) groups is 2. The first kappa shape index (κ1) is 16.2. The monoisotopic (exact) mass is 378 g/mol. The number of nitrogens with one attached hydrogen (secondary N) is 2. The maximum Gasteiger partial charge on any atom is 0.322 e. The Balaban J connectivity index is 1.54. The predicted molar refractivity (Wildman–Crippen MR) is 95.4 cm³/mol. The van der Waals surface area contributed by atoms with Crippen molar-refractivity contribution in [2.75, 3.05) is 23.8 Å². The van der Waals surface area contributed by atoms with Crippen molar-refractivity contribution in [1.29, 1.82) is 0 Å². The van der Waals surface area contributed by atoms with Crippen LogP contribution in [0.3, 0.4) is 0 Å². The molecule has 0 saturated carbocycles. The summed E-state index contributed by atoms with van der Waals surface area (Å²) in [5.74, 6) is 0.163. The third-order valence-electron chi connectivity index (χ3n) is 4.17. The molecule has 0 radical (unpaired) electrons. The summed E-state index contributed by atoms with van der Waals surface area (Å²) in [6, 6.07) is 3.04. The molecular formula is C16H15ClN4O3S. The summed E-state index contributed by atoms with van der Waals surface area (Å²) in [5.41, 5.74) is 0.960. The number of halogens is 1. The summed E-state index contributed by atoms with van der Waals surface area (Å²) < 4.78 is 5.32. The van der Waals surface area contributed by atoms with Crippen LogP contribution in [0.15, 0.2) is 23.7 Å². The zero-order valence-electron chi connectivity index (χ0n) is 13.1. The number of aromatic nitrogens is 1. The van der Waals surface area contributed by atoms with E-state index in [1.807, 2.05) is 5.38 Å². The Hall–Kier alpha value is -2.32. The van der Waals surface area contributed by atoms with Crippen LogP contribution in [0.5, 0.6) is 5.75 Å². The summed E-state index contributed by atoms with van der Waals surface area (Å²) in [6.07, 6.45) is 3.59. The summed E-state index contributed by atoms with van der Waals surface area (Å²) in [6.45, 7) is 0.607. The molecule has 1 fully saturated rings. The van der Waals surface area contributed by atoms with Gasteiger partial charge in [-0.25, -0.2) is 9.78 Å². The molecule has 2 aliphatic rings. The summed E-state index contributed by atoms with van der Waals surface area (Å²) >= 11 is 7.75. The number of urea groups is 1. The Morgan fingerprint density at radius 2 is 2.36 bits per heavy atom. The Kier molecular flexibility index (Phi) is 4.22. The van der Waals surface area contributed by atoms with Crippen LogP contribution in [0.25, 0.3) is 0 Å². The van der Waals surface area contributed by atoms with Gasteiger partial charge in [-0.05, 0) is 25.0 Å². The second-order valence-electron chi connectivity index (χ2n) is 5.82. The molecule has 130 valence electrons. The summed E-state index contributed by atoms with van der Waals surface area (Å²) in [4.78, 5) is 30.3. The zero-order valence-corrected chi connectivity index (χ0v) is 14.7. The van der Waals surface area contributed by atoms with Gasteiger partial charge in [-0.15, -0.1) is 11.3 Å². The number of hydrogen-bond donors (Lipinski definition) is 2. The highest BCUT2D eigenvalue weighted by molar-refractivity contribution is 7.09. The van der Waals surface area contributed by atoms with Crippen LogP contribution in [0.1, 0.15) is 23.9 Å². The van der Waals surface area contributed by atoms with Crippen molar-refractivity contribution in [1.82, 2.24) is 9.88 Å². The molecule has 2 aliphatic heterocycles. The molecule has 1 saturated heterocycles. The first-order valence-corrected chi connectivity index (χ1v) is 9.11. The van der Waals surface area contributed by atoms with E-state index in [0.717, 1.165) is 17.8 Å². The Bertz CT molecular complexity index is 827. The van der Waals surface area contributed by atoms with Gasteiger partial charge in [0.1, 0.15) is 5.01 Å². The third-order valence-corrected chi connectivity index (χ3v) is 5.32. The standard InChI is InChI=1S/C16H15ClN4O3S/c17-10-6-9(7-11-14(10)24-8-13(22)20-11)19-16(23)21-4-1-2-12(21)15-18-3-5-25-15/h3,5-7,12H,1-2,4,8H2,(H,19,23)(H,20,22)/t12-/m0/s1. The molecule has 7 nitrogen and oxygen atoms in total. The number of amides is 3.